The summed E-state index contributed by atoms with van der Waals surface area (Å²) in [5.41, 5.74) is 0.431. The zero-order valence-corrected chi connectivity index (χ0v) is 19.4. The maximum Gasteiger partial charge on any atom is 0.259 e. The number of aromatic nitrogens is 1. The molecule has 2 heterocycles. The Labute approximate surface area is 193 Å². The first-order valence-corrected chi connectivity index (χ1v) is 11.3. The van der Waals surface area contributed by atoms with E-state index in [0.29, 0.717) is 37.7 Å². The van der Waals surface area contributed by atoms with Crippen LogP contribution in [0.2, 0.25) is 5.02 Å². The van der Waals surface area contributed by atoms with E-state index < -0.39 is 11.3 Å². The minimum Gasteiger partial charge on any atom is -0.383 e. The third-order valence-corrected chi connectivity index (χ3v) is 5.99. The molecule has 1 unspecified atom stereocenters. The minimum absolute atomic E-state index is 0.0253. The van der Waals surface area contributed by atoms with Crippen LogP contribution in [0.25, 0.3) is 0 Å². The molecule has 32 heavy (non-hydrogen) atoms. The molecule has 8 heteroatoms. The van der Waals surface area contributed by atoms with E-state index in [1.165, 1.54) is 12.4 Å². The third-order valence-electron chi connectivity index (χ3n) is 5.76. The largest absolute Gasteiger partial charge is 0.383 e. The van der Waals surface area contributed by atoms with Crippen molar-refractivity contribution in [3.05, 3.63) is 68.6 Å². The van der Waals surface area contributed by atoms with E-state index in [-0.39, 0.29) is 23.1 Å². The molecular weight excluding hydrogens is 430 g/mol. The van der Waals surface area contributed by atoms with E-state index in [1.807, 2.05) is 25.1 Å². The number of pyridine rings is 1. The number of piperidine rings is 1. The second-order valence-corrected chi connectivity index (χ2v) is 8.56. The molecule has 0 aliphatic carbocycles. The molecular formula is C24H30ClN3O4. The van der Waals surface area contributed by atoms with Crippen LogP contribution < -0.4 is 10.7 Å². The summed E-state index contributed by atoms with van der Waals surface area (Å²) >= 11 is 6.01. The number of carbonyl (C=O) groups excluding carboxylic acids is 2. The maximum atomic E-state index is 13.2. The summed E-state index contributed by atoms with van der Waals surface area (Å²) in [7, 11) is 1.58. The van der Waals surface area contributed by atoms with Crippen molar-refractivity contribution in [3.8, 4) is 0 Å². The molecule has 0 spiro atoms. The number of benzene rings is 1. The van der Waals surface area contributed by atoms with E-state index in [9.17, 15) is 14.4 Å². The van der Waals surface area contributed by atoms with Crippen LogP contribution in [0.5, 0.6) is 0 Å². The zero-order chi connectivity index (χ0) is 23.1. The van der Waals surface area contributed by atoms with Gasteiger partial charge < -0.3 is 19.5 Å². The number of nitrogens with one attached hydrogen (secondary N) is 1. The predicted octanol–water partition coefficient (Wildman–Crippen LogP) is 3.14. The molecule has 1 aliphatic rings. The molecule has 3 rings (SSSR count). The fourth-order valence-electron chi connectivity index (χ4n) is 3.93. The molecule has 1 atom stereocenters. The SMILES string of the molecule is COCCn1cc(C(=O)NCCc2cccc(Cl)c2)c(=O)c(C(=O)N2CCCCC2C)c1. The molecule has 1 fully saturated rings. The number of nitrogens with zero attached hydrogens (tertiary/aromatic N) is 2. The Balaban J connectivity index is 1.81. The van der Waals surface area contributed by atoms with Crippen LogP contribution in [0.4, 0.5) is 0 Å². The number of ether oxygens (including phenoxy) is 1. The van der Waals surface area contributed by atoms with E-state index in [1.54, 1.807) is 22.6 Å². The van der Waals surface area contributed by atoms with Crippen molar-refractivity contribution in [3.63, 3.8) is 0 Å². The van der Waals surface area contributed by atoms with E-state index in [4.69, 9.17) is 16.3 Å². The van der Waals surface area contributed by atoms with Crippen LogP contribution in [0.15, 0.2) is 41.5 Å². The molecule has 2 amide bonds. The van der Waals surface area contributed by atoms with E-state index >= 15 is 0 Å². The Morgan fingerprint density at radius 3 is 2.72 bits per heavy atom. The summed E-state index contributed by atoms with van der Waals surface area (Å²) in [6, 6.07) is 7.47. The number of hydrogen-bond acceptors (Lipinski definition) is 4. The van der Waals surface area contributed by atoms with Gasteiger partial charge in [0.1, 0.15) is 11.1 Å². The van der Waals surface area contributed by atoms with Crippen molar-refractivity contribution >= 4 is 23.4 Å². The highest BCUT2D eigenvalue weighted by atomic mass is 35.5. The molecule has 1 aliphatic heterocycles. The van der Waals surface area contributed by atoms with Gasteiger partial charge in [0.15, 0.2) is 0 Å². The average Bonchev–Trinajstić information content (AvgIpc) is 2.78. The fraction of sp³-hybridized carbons (Fsp3) is 0.458. The second-order valence-electron chi connectivity index (χ2n) is 8.12. The van der Waals surface area contributed by atoms with Crippen LogP contribution in [0.1, 0.15) is 52.5 Å². The zero-order valence-electron chi connectivity index (χ0n) is 18.6. The Kier molecular flexibility index (Phi) is 8.47. The Bertz CT molecular complexity index is 1020. The number of rotatable bonds is 8. The summed E-state index contributed by atoms with van der Waals surface area (Å²) in [4.78, 5) is 40.9. The van der Waals surface area contributed by atoms with Crippen LogP contribution in [0.3, 0.4) is 0 Å². The maximum absolute atomic E-state index is 13.2. The van der Waals surface area contributed by atoms with Crippen LogP contribution in [0, 0.1) is 0 Å². The Morgan fingerprint density at radius 2 is 2.00 bits per heavy atom. The van der Waals surface area contributed by atoms with Crippen molar-refractivity contribution in [2.75, 3.05) is 26.8 Å². The molecule has 2 aromatic rings. The van der Waals surface area contributed by atoms with Gasteiger partial charge in [-0.1, -0.05) is 23.7 Å². The lowest BCUT2D eigenvalue weighted by Crippen LogP contribution is -2.44. The number of hydrogen-bond donors (Lipinski definition) is 1. The number of amides is 2. The summed E-state index contributed by atoms with van der Waals surface area (Å²) in [5.74, 6) is -0.813. The molecule has 7 nitrogen and oxygen atoms in total. The van der Waals surface area contributed by atoms with Crippen molar-refractivity contribution < 1.29 is 14.3 Å². The second kappa shape index (κ2) is 11.3. The highest BCUT2D eigenvalue weighted by Gasteiger charge is 2.28. The van der Waals surface area contributed by atoms with E-state index in [2.05, 4.69) is 5.32 Å². The molecule has 172 valence electrons. The summed E-state index contributed by atoms with van der Waals surface area (Å²) < 4.78 is 6.81. The molecule has 1 N–H and O–H groups in total. The normalized spacial score (nSPS) is 16.1. The highest BCUT2D eigenvalue weighted by molar-refractivity contribution is 6.30. The number of likely N-dealkylation sites (tertiary alicyclic amines) is 1. The van der Waals surface area contributed by atoms with Crippen LogP contribution >= 0.6 is 11.6 Å². The topological polar surface area (TPSA) is 80.6 Å². The van der Waals surface area contributed by atoms with Crippen molar-refractivity contribution in [1.29, 1.82) is 0 Å². The van der Waals surface area contributed by atoms with Gasteiger partial charge >= 0.3 is 0 Å². The highest BCUT2D eigenvalue weighted by Crippen LogP contribution is 2.18. The quantitative estimate of drug-likeness (QED) is 0.657. The average molecular weight is 460 g/mol. The molecule has 1 saturated heterocycles. The Hall–Kier alpha value is -2.64. The lowest BCUT2D eigenvalue weighted by molar-refractivity contribution is 0.0633. The van der Waals surface area contributed by atoms with Crippen molar-refractivity contribution in [2.45, 2.75) is 45.2 Å². The summed E-state index contributed by atoms with van der Waals surface area (Å²) in [5, 5.41) is 3.43. The molecule has 0 bridgehead atoms. The van der Waals surface area contributed by atoms with Gasteiger partial charge in [0, 0.05) is 50.2 Å². The fourth-order valence-corrected chi connectivity index (χ4v) is 4.15. The first-order valence-electron chi connectivity index (χ1n) is 11.0. The van der Waals surface area contributed by atoms with Gasteiger partial charge in [-0.2, -0.15) is 0 Å². The number of halogens is 1. The van der Waals surface area contributed by atoms with Gasteiger partial charge in [-0.3, -0.25) is 14.4 Å². The monoisotopic (exact) mass is 459 g/mol. The smallest absolute Gasteiger partial charge is 0.259 e. The number of carbonyl (C=O) groups is 2. The lowest BCUT2D eigenvalue weighted by atomic mass is 10.0. The Morgan fingerprint density at radius 1 is 1.22 bits per heavy atom. The lowest BCUT2D eigenvalue weighted by Gasteiger charge is -2.33. The van der Waals surface area contributed by atoms with Gasteiger partial charge in [-0.05, 0) is 50.3 Å². The van der Waals surface area contributed by atoms with Gasteiger partial charge in [0.25, 0.3) is 11.8 Å². The van der Waals surface area contributed by atoms with Crippen LogP contribution in [-0.4, -0.2) is 54.1 Å². The molecule has 0 saturated carbocycles. The van der Waals surface area contributed by atoms with Crippen LogP contribution in [-0.2, 0) is 17.7 Å². The standard InChI is InChI=1S/C24H30ClN3O4/c1-17-6-3-4-11-28(17)24(31)21-16-27(12-13-32-2)15-20(22(21)29)23(30)26-10-9-18-7-5-8-19(25)14-18/h5,7-8,14-17H,3-4,6,9-13H2,1-2H3,(H,26,30). The first kappa shape index (κ1) is 24.0. The van der Waals surface area contributed by atoms with Gasteiger partial charge in [-0.15, -0.1) is 0 Å². The van der Waals surface area contributed by atoms with Crippen molar-refractivity contribution in [1.82, 2.24) is 14.8 Å². The predicted molar refractivity (Wildman–Crippen MR) is 124 cm³/mol. The van der Waals surface area contributed by atoms with Gasteiger partial charge in [-0.25, -0.2) is 0 Å². The van der Waals surface area contributed by atoms with Gasteiger partial charge in [0.05, 0.1) is 6.61 Å². The summed E-state index contributed by atoms with van der Waals surface area (Å²) in [6.07, 6.45) is 6.50. The molecule has 0 radical (unpaired) electrons. The molecule has 1 aromatic carbocycles. The van der Waals surface area contributed by atoms with Gasteiger partial charge in [0.2, 0.25) is 5.43 Å². The first-order chi connectivity index (χ1) is 15.4. The molecule has 1 aromatic heterocycles. The minimum atomic E-state index is -0.540. The van der Waals surface area contributed by atoms with Crippen molar-refractivity contribution in [2.24, 2.45) is 0 Å². The summed E-state index contributed by atoms with van der Waals surface area (Å²) in [6.45, 7) is 3.78. The van der Waals surface area contributed by atoms with E-state index in [0.717, 1.165) is 24.8 Å². The third kappa shape index (κ3) is 5.99. The number of methoxy groups -OCH3 is 1.